The number of aromatic nitrogens is 4. The number of rotatable bonds is 6. The fourth-order valence-electron chi connectivity index (χ4n) is 4.37. The van der Waals surface area contributed by atoms with Gasteiger partial charge in [0.05, 0.1) is 29.2 Å². The molecule has 1 unspecified atom stereocenters. The Bertz CT molecular complexity index is 1330. The minimum Gasteiger partial charge on any atom is -0.334 e. The summed E-state index contributed by atoms with van der Waals surface area (Å²) in [5.41, 5.74) is 3.91. The number of carbonyl (C=O) groups is 1. The van der Waals surface area contributed by atoms with Gasteiger partial charge in [0.1, 0.15) is 0 Å². The molecule has 4 aromatic rings. The first-order valence-corrected chi connectivity index (χ1v) is 11.3. The number of hydrogen-bond acceptors (Lipinski definition) is 4. The first kappa shape index (κ1) is 20.6. The molecule has 8 heteroatoms. The SMILES string of the molecule is CCCCCN1c2nc(-c3ccc(Cl)cc3)cn2C(=O)CC1c1ccc2[nH]c(=O)[nH]c2c1. The van der Waals surface area contributed by atoms with Crippen LogP contribution in [-0.2, 0) is 0 Å². The number of nitrogens with zero attached hydrogens (tertiary/aromatic N) is 3. The summed E-state index contributed by atoms with van der Waals surface area (Å²) in [6.07, 6.45) is 5.38. The van der Waals surface area contributed by atoms with Gasteiger partial charge in [-0.05, 0) is 36.2 Å². The Morgan fingerprint density at radius 1 is 1.06 bits per heavy atom. The summed E-state index contributed by atoms with van der Waals surface area (Å²) in [7, 11) is 0. The summed E-state index contributed by atoms with van der Waals surface area (Å²) in [5.74, 6) is 0.669. The van der Waals surface area contributed by atoms with Crippen LogP contribution in [-0.4, -0.2) is 32.0 Å². The van der Waals surface area contributed by atoms with E-state index in [0.717, 1.165) is 53.7 Å². The van der Waals surface area contributed by atoms with Crippen LogP contribution in [0.1, 0.15) is 49.0 Å². The number of nitrogens with one attached hydrogen (secondary N) is 2. The molecule has 0 amide bonds. The van der Waals surface area contributed by atoms with E-state index >= 15 is 0 Å². The lowest BCUT2D eigenvalue weighted by molar-refractivity contribution is 0.0878. The summed E-state index contributed by atoms with van der Waals surface area (Å²) in [6.45, 7) is 2.97. The van der Waals surface area contributed by atoms with E-state index in [-0.39, 0.29) is 17.6 Å². The number of imidazole rings is 2. The van der Waals surface area contributed by atoms with Crippen LogP contribution in [0.3, 0.4) is 0 Å². The lowest BCUT2D eigenvalue weighted by atomic mass is 9.99. The molecule has 164 valence electrons. The fourth-order valence-corrected chi connectivity index (χ4v) is 4.50. The molecule has 2 N–H and O–H groups in total. The average Bonchev–Trinajstić information content (AvgIpc) is 3.39. The van der Waals surface area contributed by atoms with E-state index in [1.807, 2.05) is 48.7 Å². The zero-order chi connectivity index (χ0) is 22.2. The van der Waals surface area contributed by atoms with Gasteiger partial charge in [-0.2, -0.15) is 0 Å². The van der Waals surface area contributed by atoms with Crippen molar-refractivity contribution in [1.82, 2.24) is 19.5 Å². The highest BCUT2D eigenvalue weighted by Crippen LogP contribution is 2.37. The van der Waals surface area contributed by atoms with Gasteiger partial charge in [0.25, 0.3) is 0 Å². The molecule has 2 aromatic heterocycles. The van der Waals surface area contributed by atoms with Crippen molar-refractivity contribution in [3.63, 3.8) is 0 Å². The van der Waals surface area contributed by atoms with Gasteiger partial charge in [-0.3, -0.25) is 9.36 Å². The van der Waals surface area contributed by atoms with Crippen LogP contribution in [0.25, 0.3) is 22.3 Å². The number of benzene rings is 2. The van der Waals surface area contributed by atoms with E-state index in [1.54, 1.807) is 4.57 Å². The van der Waals surface area contributed by atoms with Crippen LogP contribution in [0.4, 0.5) is 5.95 Å². The van der Waals surface area contributed by atoms with E-state index < -0.39 is 0 Å². The molecule has 32 heavy (non-hydrogen) atoms. The van der Waals surface area contributed by atoms with Gasteiger partial charge in [0, 0.05) is 23.3 Å². The Hall–Kier alpha value is -3.32. The number of fused-ring (bicyclic) bond motifs is 2. The second-order valence-corrected chi connectivity index (χ2v) is 8.64. The third kappa shape index (κ3) is 3.73. The molecular weight excluding hydrogens is 426 g/mol. The predicted octanol–water partition coefficient (Wildman–Crippen LogP) is 5.15. The number of hydrogen-bond donors (Lipinski definition) is 2. The Morgan fingerprint density at radius 2 is 1.84 bits per heavy atom. The molecule has 0 fully saturated rings. The molecular formula is C24H24ClN5O2. The zero-order valence-electron chi connectivity index (χ0n) is 17.8. The number of aromatic amines is 2. The third-order valence-corrected chi connectivity index (χ3v) is 6.28. The number of H-pyrrole nitrogens is 2. The molecule has 0 radical (unpaired) electrons. The predicted molar refractivity (Wildman–Crippen MR) is 126 cm³/mol. The van der Waals surface area contributed by atoms with Crippen molar-refractivity contribution in [2.24, 2.45) is 0 Å². The van der Waals surface area contributed by atoms with Crippen molar-refractivity contribution in [1.29, 1.82) is 0 Å². The van der Waals surface area contributed by atoms with Crippen molar-refractivity contribution in [2.75, 3.05) is 11.4 Å². The van der Waals surface area contributed by atoms with Crippen molar-refractivity contribution < 1.29 is 4.79 Å². The van der Waals surface area contributed by atoms with Crippen molar-refractivity contribution in [2.45, 2.75) is 38.6 Å². The summed E-state index contributed by atoms with van der Waals surface area (Å²) < 4.78 is 1.67. The largest absolute Gasteiger partial charge is 0.334 e. The van der Waals surface area contributed by atoms with Crippen LogP contribution >= 0.6 is 11.6 Å². The van der Waals surface area contributed by atoms with Gasteiger partial charge >= 0.3 is 5.69 Å². The second-order valence-electron chi connectivity index (χ2n) is 8.20. The number of halogens is 1. The maximum Gasteiger partial charge on any atom is 0.323 e. The molecule has 1 aliphatic heterocycles. The lowest BCUT2D eigenvalue weighted by Gasteiger charge is -2.36. The Balaban J connectivity index is 1.57. The monoisotopic (exact) mass is 449 g/mol. The van der Waals surface area contributed by atoms with Crippen molar-refractivity contribution >= 4 is 34.5 Å². The van der Waals surface area contributed by atoms with Gasteiger partial charge in [-0.25, -0.2) is 9.78 Å². The molecule has 1 atom stereocenters. The highest BCUT2D eigenvalue weighted by Gasteiger charge is 2.34. The van der Waals surface area contributed by atoms with Crippen molar-refractivity contribution in [3.05, 3.63) is 69.7 Å². The maximum atomic E-state index is 13.1. The first-order chi connectivity index (χ1) is 15.5. The Kier molecular flexibility index (Phi) is 5.35. The highest BCUT2D eigenvalue weighted by atomic mass is 35.5. The number of unbranched alkanes of at least 4 members (excludes halogenated alkanes) is 2. The van der Waals surface area contributed by atoms with Crippen LogP contribution in [0, 0.1) is 0 Å². The standard InChI is InChI=1S/C24H24ClN5O2/c1-2-3-4-11-29-21(16-7-10-18-19(12-16)27-23(32)26-18)13-22(31)30-14-20(28-24(29)30)15-5-8-17(25)9-6-15/h5-10,12,14,21H,2-4,11,13H2,1H3,(H2,26,27,32). The van der Waals surface area contributed by atoms with E-state index in [1.165, 1.54) is 0 Å². The van der Waals surface area contributed by atoms with Crippen LogP contribution in [0.5, 0.6) is 0 Å². The Morgan fingerprint density at radius 3 is 2.62 bits per heavy atom. The van der Waals surface area contributed by atoms with Crippen LogP contribution in [0.15, 0.2) is 53.5 Å². The molecule has 5 rings (SSSR count). The molecule has 2 aromatic carbocycles. The molecule has 7 nitrogen and oxygen atoms in total. The minimum absolute atomic E-state index is 0.00659. The van der Waals surface area contributed by atoms with E-state index in [2.05, 4.69) is 21.8 Å². The molecule has 3 heterocycles. The normalized spacial score (nSPS) is 16.0. The highest BCUT2D eigenvalue weighted by molar-refractivity contribution is 6.30. The van der Waals surface area contributed by atoms with Gasteiger partial charge in [-0.15, -0.1) is 0 Å². The minimum atomic E-state index is -0.236. The molecule has 0 spiro atoms. The number of carbonyl (C=O) groups excluding carboxylic acids is 1. The van der Waals surface area contributed by atoms with Gasteiger partial charge in [0.2, 0.25) is 11.9 Å². The lowest BCUT2D eigenvalue weighted by Crippen LogP contribution is -2.39. The molecule has 0 aliphatic carbocycles. The summed E-state index contributed by atoms with van der Waals surface area (Å²) >= 11 is 6.04. The second kappa shape index (κ2) is 8.31. The first-order valence-electron chi connectivity index (χ1n) is 10.9. The number of anilines is 1. The van der Waals surface area contributed by atoms with Crippen LogP contribution in [0.2, 0.25) is 5.02 Å². The third-order valence-electron chi connectivity index (χ3n) is 6.02. The smallest absolute Gasteiger partial charge is 0.323 e. The molecule has 0 saturated heterocycles. The molecule has 0 saturated carbocycles. The molecule has 1 aliphatic rings. The summed E-state index contributed by atoms with van der Waals surface area (Å²) in [4.78, 5) is 37.5. The zero-order valence-corrected chi connectivity index (χ0v) is 18.5. The van der Waals surface area contributed by atoms with E-state index in [9.17, 15) is 9.59 Å². The topological polar surface area (TPSA) is 86.8 Å². The Labute approximate surface area is 190 Å². The molecule has 0 bridgehead atoms. The average molecular weight is 450 g/mol. The van der Waals surface area contributed by atoms with Gasteiger partial charge in [0.15, 0.2) is 0 Å². The fraction of sp³-hybridized carbons (Fsp3) is 0.292. The van der Waals surface area contributed by atoms with E-state index in [4.69, 9.17) is 16.6 Å². The summed E-state index contributed by atoms with van der Waals surface area (Å²) in [5, 5.41) is 0.660. The van der Waals surface area contributed by atoms with Crippen LogP contribution < -0.4 is 10.6 Å². The maximum absolute atomic E-state index is 13.1. The quantitative estimate of drug-likeness (QED) is 0.398. The summed E-state index contributed by atoms with van der Waals surface area (Å²) in [6, 6.07) is 13.2. The van der Waals surface area contributed by atoms with Gasteiger partial charge in [-0.1, -0.05) is 49.6 Å². The van der Waals surface area contributed by atoms with Crippen molar-refractivity contribution in [3.8, 4) is 11.3 Å². The van der Waals surface area contributed by atoms with E-state index in [0.29, 0.717) is 17.4 Å². The van der Waals surface area contributed by atoms with Gasteiger partial charge < -0.3 is 14.9 Å².